The fourth-order valence-electron chi connectivity index (χ4n) is 1.68. The van der Waals surface area contributed by atoms with E-state index in [1.54, 1.807) is 0 Å². The molecule has 16 heavy (non-hydrogen) atoms. The maximum atomic E-state index is 5.63. The third-order valence-electron chi connectivity index (χ3n) is 2.42. The zero-order chi connectivity index (χ0) is 11.8. The Kier molecular flexibility index (Phi) is 6.12. The topological polar surface area (TPSA) is 21.3 Å². The number of rotatable bonds is 7. The van der Waals surface area contributed by atoms with Gasteiger partial charge in [0.2, 0.25) is 0 Å². The van der Waals surface area contributed by atoms with Gasteiger partial charge in [0.1, 0.15) is 0 Å². The Bertz CT molecular complexity index is 271. The van der Waals surface area contributed by atoms with Gasteiger partial charge in [-0.3, -0.25) is 0 Å². The Hall–Kier alpha value is -0.860. The maximum Gasteiger partial charge on any atom is 0.0716 e. The van der Waals surface area contributed by atoms with Crippen LogP contribution in [0.5, 0.6) is 0 Å². The van der Waals surface area contributed by atoms with E-state index in [4.69, 9.17) is 4.74 Å². The smallest absolute Gasteiger partial charge is 0.0716 e. The Morgan fingerprint density at radius 2 is 1.81 bits per heavy atom. The second-order valence-corrected chi connectivity index (χ2v) is 4.55. The van der Waals surface area contributed by atoms with Crippen molar-refractivity contribution >= 4 is 0 Å². The molecule has 1 atom stereocenters. The zero-order valence-corrected chi connectivity index (χ0v) is 10.6. The third kappa shape index (κ3) is 5.89. The molecule has 1 aromatic rings. The van der Waals surface area contributed by atoms with Crippen molar-refractivity contribution in [3.8, 4) is 0 Å². The fraction of sp³-hybridized carbons (Fsp3) is 0.571. The van der Waals surface area contributed by atoms with Gasteiger partial charge in [0.15, 0.2) is 0 Å². The molecule has 0 spiro atoms. The lowest BCUT2D eigenvalue weighted by molar-refractivity contribution is 0.112. The van der Waals surface area contributed by atoms with Crippen LogP contribution < -0.4 is 5.32 Å². The van der Waals surface area contributed by atoms with Crippen LogP contribution in [0.1, 0.15) is 32.8 Å². The molecule has 1 aromatic carbocycles. The largest absolute Gasteiger partial charge is 0.377 e. The monoisotopic (exact) mass is 221 g/mol. The lowest BCUT2D eigenvalue weighted by Gasteiger charge is -2.16. The van der Waals surface area contributed by atoms with Gasteiger partial charge >= 0.3 is 0 Å². The molecular formula is C14H23NO. The van der Waals surface area contributed by atoms with Gasteiger partial charge < -0.3 is 10.1 Å². The van der Waals surface area contributed by atoms with E-state index in [9.17, 15) is 0 Å². The number of hydrogen-bond acceptors (Lipinski definition) is 2. The van der Waals surface area contributed by atoms with Crippen LogP contribution >= 0.6 is 0 Å². The molecule has 0 aromatic heterocycles. The molecule has 0 saturated carbocycles. The average Bonchev–Trinajstić information content (AvgIpc) is 2.25. The average molecular weight is 221 g/mol. The lowest BCUT2D eigenvalue weighted by atomic mass is 10.2. The van der Waals surface area contributed by atoms with Crippen LogP contribution in [-0.2, 0) is 11.3 Å². The van der Waals surface area contributed by atoms with E-state index < -0.39 is 0 Å². The van der Waals surface area contributed by atoms with Crippen LogP contribution in [0.4, 0.5) is 0 Å². The summed E-state index contributed by atoms with van der Waals surface area (Å²) in [7, 11) is 0. The third-order valence-corrected chi connectivity index (χ3v) is 2.42. The van der Waals surface area contributed by atoms with Crippen molar-refractivity contribution in [3.63, 3.8) is 0 Å². The molecular weight excluding hydrogens is 198 g/mol. The quantitative estimate of drug-likeness (QED) is 0.715. The molecule has 2 nitrogen and oxygen atoms in total. The first-order valence-corrected chi connectivity index (χ1v) is 6.06. The van der Waals surface area contributed by atoms with Crippen molar-refractivity contribution in [1.29, 1.82) is 0 Å². The first-order valence-electron chi connectivity index (χ1n) is 6.06. The minimum atomic E-state index is 0.524. The molecule has 0 bridgehead atoms. The standard InChI is InChI=1S/C14H23NO/c1-12(2)15-13(3)9-10-16-11-14-7-5-4-6-8-14/h4-8,12-13,15H,9-11H2,1-3H3. The summed E-state index contributed by atoms with van der Waals surface area (Å²) in [6.07, 6.45) is 1.06. The summed E-state index contributed by atoms with van der Waals surface area (Å²) in [5.74, 6) is 0. The van der Waals surface area contributed by atoms with Crippen molar-refractivity contribution in [2.75, 3.05) is 6.61 Å². The summed E-state index contributed by atoms with van der Waals surface area (Å²) in [4.78, 5) is 0. The highest BCUT2D eigenvalue weighted by molar-refractivity contribution is 5.13. The van der Waals surface area contributed by atoms with Gasteiger partial charge in [-0.05, 0) is 18.9 Å². The molecule has 0 heterocycles. The van der Waals surface area contributed by atoms with Crippen molar-refractivity contribution in [2.24, 2.45) is 0 Å². The Labute approximate surface area is 99.0 Å². The minimum absolute atomic E-state index is 0.524. The highest BCUT2D eigenvalue weighted by atomic mass is 16.5. The molecule has 0 amide bonds. The Morgan fingerprint density at radius 1 is 1.12 bits per heavy atom. The molecule has 2 heteroatoms. The first kappa shape index (κ1) is 13.2. The predicted octanol–water partition coefficient (Wildman–Crippen LogP) is 2.98. The summed E-state index contributed by atoms with van der Waals surface area (Å²) in [6, 6.07) is 11.4. The van der Waals surface area contributed by atoms with Crippen LogP contribution in [0.15, 0.2) is 30.3 Å². The minimum Gasteiger partial charge on any atom is -0.377 e. The molecule has 0 aliphatic carbocycles. The number of benzene rings is 1. The summed E-state index contributed by atoms with van der Waals surface area (Å²) in [5.41, 5.74) is 1.24. The van der Waals surface area contributed by atoms with Gasteiger partial charge in [0.05, 0.1) is 6.61 Å². The van der Waals surface area contributed by atoms with Gasteiger partial charge in [-0.1, -0.05) is 44.2 Å². The highest BCUT2D eigenvalue weighted by Crippen LogP contribution is 2.01. The number of nitrogens with one attached hydrogen (secondary N) is 1. The van der Waals surface area contributed by atoms with E-state index in [2.05, 4.69) is 38.2 Å². The van der Waals surface area contributed by atoms with Crippen LogP contribution in [0.2, 0.25) is 0 Å². The zero-order valence-electron chi connectivity index (χ0n) is 10.6. The van der Waals surface area contributed by atoms with Crippen LogP contribution in [0, 0.1) is 0 Å². The second-order valence-electron chi connectivity index (χ2n) is 4.55. The van der Waals surface area contributed by atoms with E-state index in [0.717, 1.165) is 19.6 Å². The summed E-state index contributed by atoms with van der Waals surface area (Å²) in [6.45, 7) is 8.07. The van der Waals surface area contributed by atoms with Gasteiger partial charge in [-0.2, -0.15) is 0 Å². The molecule has 90 valence electrons. The van der Waals surface area contributed by atoms with Gasteiger partial charge in [-0.15, -0.1) is 0 Å². The summed E-state index contributed by atoms with van der Waals surface area (Å²) < 4.78 is 5.63. The summed E-state index contributed by atoms with van der Waals surface area (Å²) >= 11 is 0. The second kappa shape index (κ2) is 7.42. The number of ether oxygens (including phenoxy) is 1. The highest BCUT2D eigenvalue weighted by Gasteiger charge is 2.02. The lowest BCUT2D eigenvalue weighted by Crippen LogP contribution is -2.33. The van der Waals surface area contributed by atoms with E-state index in [0.29, 0.717) is 12.1 Å². The van der Waals surface area contributed by atoms with Gasteiger partial charge in [0.25, 0.3) is 0 Å². The number of hydrogen-bond donors (Lipinski definition) is 1. The van der Waals surface area contributed by atoms with E-state index in [-0.39, 0.29) is 0 Å². The molecule has 0 aliphatic rings. The van der Waals surface area contributed by atoms with Gasteiger partial charge in [0, 0.05) is 18.7 Å². The van der Waals surface area contributed by atoms with Crippen molar-refractivity contribution in [2.45, 2.75) is 45.9 Å². The molecule has 1 N–H and O–H groups in total. The SMILES string of the molecule is CC(C)NC(C)CCOCc1ccccc1. The Balaban J connectivity index is 2.08. The van der Waals surface area contributed by atoms with E-state index in [1.807, 2.05) is 18.2 Å². The molecule has 1 rings (SSSR count). The fourth-order valence-corrected chi connectivity index (χ4v) is 1.68. The molecule has 0 saturated heterocycles. The van der Waals surface area contributed by atoms with E-state index >= 15 is 0 Å². The molecule has 0 fully saturated rings. The molecule has 0 radical (unpaired) electrons. The van der Waals surface area contributed by atoms with Crippen molar-refractivity contribution < 1.29 is 4.74 Å². The van der Waals surface area contributed by atoms with Crippen LogP contribution in [0.25, 0.3) is 0 Å². The van der Waals surface area contributed by atoms with Gasteiger partial charge in [-0.25, -0.2) is 0 Å². The van der Waals surface area contributed by atoms with Crippen LogP contribution in [-0.4, -0.2) is 18.7 Å². The molecule has 1 unspecified atom stereocenters. The maximum absolute atomic E-state index is 5.63. The van der Waals surface area contributed by atoms with Crippen LogP contribution in [0.3, 0.4) is 0 Å². The van der Waals surface area contributed by atoms with Crippen molar-refractivity contribution in [3.05, 3.63) is 35.9 Å². The van der Waals surface area contributed by atoms with Crippen molar-refractivity contribution in [1.82, 2.24) is 5.32 Å². The predicted molar refractivity (Wildman–Crippen MR) is 68.4 cm³/mol. The van der Waals surface area contributed by atoms with E-state index in [1.165, 1.54) is 5.56 Å². The molecule has 0 aliphatic heterocycles. The first-order chi connectivity index (χ1) is 7.68. The normalized spacial score (nSPS) is 13.0. The summed E-state index contributed by atoms with van der Waals surface area (Å²) in [5, 5.41) is 3.46. The Morgan fingerprint density at radius 3 is 2.44 bits per heavy atom.